The van der Waals surface area contributed by atoms with Gasteiger partial charge in [0.15, 0.2) is 0 Å². The van der Waals surface area contributed by atoms with E-state index in [9.17, 15) is 0 Å². The van der Waals surface area contributed by atoms with E-state index in [0.29, 0.717) is 0 Å². The summed E-state index contributed by atoms with van der Waals surface area (Å²) in [7, 11) is 2.08. The third kappa shape index (κ3) is 4.31. The Morgan fingerprint density at radius 1 is 1.32 bits per heavy atom. The molecule has 0 bridgehead atoms. The predicted molar refractivity (Wildman–Crippen MR) is 81.1 cm³/mol. The SMILES string of the molecule is CCCC1CCC(CNC)C(Cc2cccnc2)C1. The normalized spacial score (nSPS) is 27.4. The van der Waals surface area contributed by atoms with Gasteiger partial charge in [-0.05, 0) is 62.2 Å². The molecule has 0 radical (unpaired) electrons. The van der Waals surface area contributed by atoms with Crippen LogP contribution in [-0.2, 0) is 6.42 Å². The lowest BCUT2D eigenvalue weighted by atomic mass is 9.70. The fourth-order valence-corrected chi connectivity index (χ4v) is 3.70. The summed E-state index contributed by atoms with van der Waals surface area (Å²) in [6, 6.07) is 4.29. The summed E-state index contributed by atoms with van der Waals surface area (Å²) in [6.07, 6.45) is 12.1. The number of hydrogen-bond donors (Lipinski definition) is 1. The molecule has 0 spiro atoms. The molecule has 0 aliphatic heterocycles. The molecule has 19 heavy (non-hydrogen) atoms. The summed E-state index contributed by atoms with van der Waals surface area (Å²) in [5.41, 5.74) is 1.41. The zero-order valence-electron chi connectivity index (χ0n) is 12.4. The first-order chi connectivity index (χ1) is 9.33. The van der Waals surface area contributed by atoms with Crippen LogP contribution in [0.3, 0.4) is 0 Å². The molecule has 1 aromatic rings. The van der Waals surface area contributed by atoms with Crippen LogP contribution >= 0.6 is 0 Å². The summed E-state index contributed by atoms with van der Waals surface area (Å²) < 4.78 is 0. The number of rotatable bonds is 6. The Bertz CT molecular complexity index is 350. The molecule has 1 N–H and O–H groups in total. The molecule has 0 amide bonds. The van der Waals surface area contributed by atoms with E-state index in [1.807, 2.05) is 12.4 Å². The molecule has 1 saturated carbocycles. The summed E-state index contributed by atoms with van der Waals surface area (Å²) in [4.78, 5) is 4.26. The molecule has 0 saturated heterocycles. The number of nitrogens with one attached hydrogen (secondary N) is 1. The zero-order valence-corrected chi connectivity index (χ0v) is 12.4. The van der Waals surface area contributed by atoms with E-state index in [1.54, 1.807) is 0 Å². The summed E-state index contributed by atoms with van der Waals surface area (Å²) in [6.45, 7) is 3.49. The van der Waals surface area contributed by atoms with Gasteiger partial charge in [0.05, 0.1) is 0 Å². The molecule has 2 heteroatoms. The molecule has 1 heterocycles. The minimum Gasteiger partial charge on any atom is -0.319 e. The highest BCUT2D eigenvalue weighted by atomic mass is 14.8. The van der Waals surface area contributed by atoms with Gasteiger partial charge in [-0.25, -0.2) is 0 Å². The Labute approximate surface area is 118 Å². The first-order valence-electron chi connectivity index (χ1n) is 7.87. The van der Waals surface area contributed by atoms with Crippen molar-refractivity contribution in [2.75, 3.05) is 13.6 Å². The van der Waals surface area contributed by atoms with Crippen LogP contribution in [0.25, 0.3) is 0 Å². The largest absolute Gasteiger partial charge is 0.319 e. The van der Waals surface area contributed by atoms with Gasteiger partial charge in [-0.3, -0.25) is 4.98 Å². The van der Waals surface area contributed by atoms with Crippen LogP contribution in [0.15, 0.2) is 24.5 Å². The number of nitrogens with zero attached hydrogens (tertiary/aromatic N) is 1. The van der Waals surface area contributed by atoms with Gasteiger partial charge in [0.25, 0.3) is 0 Å². The molecule has 0 aromatic carbocycles. The third-order valence-corrected chi connectivity index (χ3v) is 4.63. The first-order valence-corrected chi connectivity index (χ1v) is 7.87. The van der Waals surface area contributed by atoms with Crippen LogP contribution in [0.2, 0.25) is 0 Å². The molecule has 1 aliphatic rings. The highest BCUT2D eigenvalue weighted by molar-refractivity contribution is 5.10. The minimum absolute atomic E-state index is 0.835. The summed E-state index contributed by atoms with van der Waals surface area (Å²) in [5, 5.41) is 3.38. The maximum absolute atomic E-state index is 4.26. The lowest BCUT2D eigenvalue weighted by Crippen LogP contribution is -2.33. The van der Waals surface area contributed by atoms with Crippen molar-refractivity contribution in [2.24, 2.45) is 17.8 Å². The molecular weight excluding hydrogens is 232 g/mol. The van der Waals surface area contributed by atoms with Crippen LogP contribution in [-0.4, -0.2) is 18.6 Å². The van der Waals surface area contributed by atoms with Crippen LogP contribution in [0.1, 0.15) is 44.6 Å². The minimum atomic E-state index is 0.835. The third-order valence-electron chi connectivity index (χ3n) is 4.63. The van der Waals surface area contributed by atoms with Crippen LogP contribution < -0.4 is 5.32 Å². The molecule has 106 valence electrons. The zero-order chi connectivity index (χ0) is 13.5. The number of hydrogen-bond acceptors (Lipinski definition) is 2. The Balaban J connectivity index is 1.98. The Kier molecular flexibility index (Phi) is 5.84. The van der Waals surface area contributed by atoms with Gasteiger partial charge in [0.1, 0.15) is 0 Å². The highest BCUT2D eigenvalue weighted by Crippen LogP contribution is 2.37. The van der Waals surface area contributed by atoms with Crippen molar-refractivity contribution in [2.45, 2.75) is 45.4 Å². The molecule has 3 atom stereocenters. The Morgan fingerprint density at radius 2 is 2.21 bits per heavy atom. The fourth-order valence-electron chi connectivity index (χ4n) is 3.70. The monoisotopic (exact) mass is 260 g/mol. The number of pyridine rings is 1. The average Bonchev–Trinajstić information content (AvgIpc) is 2.43. The first kappa shape index (κ1) is 14.5. The van der Waals surface area contributed by atoms with Crippen LogP contribution in [0.5, 0.6) is 0 Å². The highest BCUT2D eigenvalue weighted by Gasteiger charge is 2.29. The molecule has 2 nitrogen and oxygen atoms in total. The summed E-state index contributed by atoms with van der Waals surface area (Å²) >= 11 is 0. The molecule has 3 unspecified atom stereocenters. The Morgan fingerprint density at radius 3 is 2.89 bits per heavy atom. The topological polar surface area (TPSA) is 24.9 Å². The fraction of sp³-hybridized carbons (Fsp3) is 0.706. The second-order valence-electron chi connectivity index (χ2n) is 6.11. The molecule has 1 aliphatic carbocycles. The van der Waals surface area contributed by atoms with E-state index < -0.39 is 0 Å². The van der Waals surface area contributed by atoms with Gasteiger partial charge in [-0.1, -0.05) is 32.3 Å². The van der Waals surface area contributed by atoms with Crippen molar-refractivity contribution >= 4 is 0 Å². The van der Waals surface area contributed by atoms with Crippen molar-refractivity contribution in [3.63, 3.8) is 0 Å². The van der Waals surface area contributed by atoms with Crippen molar-refractivity contribution in [3.8, 4) is 0 Å². The van der Waals surface area contributed by atoms with E-state index in [0.717, 1.165) is 17.8 Å². The quantitative estimate of drug-likeness (QED) is 0.844. The van der Waals surface area contributed by atoms with Gasteiger partial charge < -0.3 is 5.32 Å². The summed E-state index contributed by atoms with van der Waals surface area (Å²) in [5.74, 6) is 2.64. The standard InChI is InChI=1S/C17H28N2/c1-3-5-14-7-8-16(13-18-2)17(10-14)11-15-6-4-9-19-12-15/h4,6,9,12,14,16-18H,3,5,7-8,10-11,13H2,1-2H3. The number of aromatic nitrogens is 1. The van der Waals surface area contributed by atoms with E-state index in [1.165, 1.54) is 50.6 Å². The lowest BCUT2D eigenvalue weighted by Gasteiger charge is -2.36. The van der Waals surface area contributed by atoms with Gasteiger partial charge in [-0.2, -0.15) is 0 Å². The van der Waals surface area contributed by atoms with E-state index >= 15 is 0 Å². The predicted octanol–water partition coefficient (Wildman–Crippen LogP) is 3.68. The second-order valence-corrected chi connectivity index (χ2v) is 6.11. The second kappa shape index (κ2) is 7.64. The maximum Gasteiger partial charge on any atom is 0.0299 e. The Hall–Kier alpha value is -0.890. The van der Waals surface area contributed by atoms with Crippen LogP contribution in [0, 0.1) is 17.8 Å². The van der Waals surface area contributed by atoms with Crippen LogP contribution in [0.4, 0.5) is 0 Å². The van der Waals surface area contributed by atoms with E-state index in [2.05, 4.69) is 36.4 Å². The van der Waals surface area contributed by atoms with Crippen molar-refractivity contribution in [3.05, 3.63) is 30.1 Å². The van der Waals surface area contributed by atoms with Gasteiger partial charge in [0.2, 0.25) is 0 Å². The maximum atomic E-state index is 4.26. The van der Waals surface area contributed by atoms with E-state index in [-0.39, 0.29) is 0 Å². The van der Waals surface area contributed by atoms with Crippen molar-refractivity contribution in [1.29, 1.82) is 0 Å². The molecular formula is C17H28N2. The smallest absolute Gasteiger partial charge is 0.0299 e. The lowest BCUT2D eigenvalue weighted by molar-refractivity contribution is 0.169. The van der Waals surface area contributed by atoms with Gasteiger partial charge in [-0.15, -0.1) is 0 Å². The van der Waals surface area contributed by atoms with E-state index in [4.69, 9.17) is 0 Å². The molecule has 2 rings (SSSR count). The molecule has 1 fully saturated rings. The van der Waals surface area contributed by atoms with Crippen molar-refractivity contribution in [1.82, 2.24) is 10.3 Å². The average molecular weight is 260 g/mol. The van der Waals surface area contributed by atoms with Gasteiger partial charge >= 0.3 is 0 Å². The van der Waals surface area contributed by atoms with Crippen molar-refractivity contribution < 1.29 is 0 Å². The molecule has 1 aromatic heterocycles. The van der Waals surface area contributed by atoms with Gasteiger partial charge in [0, 0.05) is 12.4 Å².